The summed E-state index contributed by atoms with van der Waals surface area (Å²) in [7, 11) is 1.73. The van der Waals surface area contributed by atoms with Crippen molar-refractivity contribution in [1.82, 2.24) is 10.6 Å². The minimum atomic E-state index is -0.550. The number of anilines is 1. The largest absolute Gasteiger partial charge is 0.367 e. The van der Waals surface area contributed by atoms with Crippen LogP contribution < -0.4 is 15.5 Å². The van der Waals surface area contributed by atoms with Crippen LogP contribution >= 0.6 is 0 Å². The summed E-state index contributed by atoms with van der Waals surface area (Å²) in [4.78, 5) is 6.13. The highest BCUT2D eigenvalue weighted by Gasteiger charge is 2.25. The maximum absolute atomic E-state index is 13.9. The Morgan fingerprint density at radius 3 is 2.96 bits per heavy atom. The zero-order valence-electron chi connectivity index (χ0n) is 13.6. The van der Waals surface area contributed by atoms with Crippen LogP contribution in [0, 0.1) is 11.6 Å². The first-order valence-electron chi connectivity index (χ1n) is 7.92. The summed E-state index contributed by atoms with van der Waals surface area (Å²) < 4.78 is 26.9. The van der Waals surface area contributed by atoms with E-state index in [-0.39, 0.29) is 6.04 Å². The molecule has 23 heavy (non-hydrogen) atoms. The third kappa shape index (κ3) is 4.94. The molecule has 1 aromatic carbocycles. The van der Waals surface area contributed by atoms with E-state index in [0.717, 1.165) is 38.0 Å². The van der Waals surface area contributed by atoms with Crippen LogP contribution in [-0.2, 0) is 0 Å². The molecule has 1 aliphatic heterocycles. The van der Waals surface area contributed by atoms with Crippen LogP contribution in [0.25, 0.3) is 0 Å². The van der Waals surface area contributed by atoms with Crippen molar-refractivity contribution in [1.29, 1.82) is 0 Å². The number of halogens is 2. The van der Waals surface area contributed by atoms with Gasteiger partial charge in [-0.3, -0.25) is 4.99 Å². The number of nitrogens with zero attached hydrogens (tertiary/aromatic N) is 2. The van der Waals surface area contributed by atoms with Gasteiger partial charge in [-0.2, -0.15) is 0 Å². The van der Waals surface area contributed by atoms with Crippen LogP contribution in [0.1, 0.15) is 19.8 Å². The predicted molar refractivity (Wildman–Crippen MR) is 90.9 cm³/mol. The second-order valence-electron chi connectivity index (χ2n) is 5.53. The molecular weight excluding hydrogens is 298 g/mol. The third-order valence-electron chi connectivity index (χ3n) is 3.84. The van der Waals surface area contributed by atoms with E-state index in [2.05, 4.69) is 21.7 Å². The smallest absolute Gasteiger partial charge is 0.191 e. The summed E-state index contributed by atoms with van der Waals surface area (Å²) in [5, 5.41) is 6.60. The maximum Gasteiger partial charge on any atom is 0.191 e. The Balaban J connectivity index is 1.86. The van der Waals surface area contributed by atoms with Crippen LogP contribution in [0.2, 0.25) is 0 Å². The fourth-order valence-electron chi connectivity index (χ4n) is 2.66. The van der Waals surface area contributed by atoms with Gasteiger partial charge in [0.1, 0.15) is 11.6 Å². The molecule has 0 bridgehead atoms. The van der Waals surface area contributed by atoms with Gasteiger partial charge in [-0.1, -0.05) is 12.2 Å². The fraction of sp³-hybridized carbons (Fsp3) is 0.471. The molecule has 0 spiro atoms. The van der Waals surface area contributed by atoms with E-state index in [1.54, 1.807) is 7.05 Å². The number of allylic oxidation sites excluding steroid dienone is 1. The van der Waals surface area contributed by atoms with Crippen LogP contribution in [-0.4, -0.2) is 38.7 Å². The van der Waals surface area contributed by atoms with Gasteiger partial charge >= 0.3 is 0 Å². The van der Waals surface area contributed by atoms with Crippen molar-refractivity contribution in [3.05, 3.63) is 42.0 Å². The average Bonchev–Trinajstić information content (AvgIpc) is 2.98. The number of nitrogens with one attached hydrogen (secondary N) is 2. The fourth-order valence-corrected chi connectivity index (χ4v) is 2.66. The van der Waals surface area contributed by atoms with E-state index < -0.39 is 11.6 Å². The lowest BCUT2D eigenvalue weighted by atomic mass is 10.2. The van der Waals surface area contributed by atoms with Crippen molar-refractivity contribution in [3.8, 4) is 0 Å². The van der Waals surface area contributed by atoms with Crippen molar-refractivity contribution >= 4 is 11.6 Å². The highest BCUT2D eigenvalue weighted by atomic mass is 19.1. The van der Waals surface area contributed by atoms with Crippen molar-refractivity contribution in [2.45, 2.75) is 25.8 Å². The van der Waals surface area contributed by atoms with E-state index in [9.17, 15) is 8.78 Å². The van der Waals surface area contributed by atoms with Crippen LogP contribution in [0.4, 0.5) is 14.5 Å². The van der Waals surface area contributed by atoms with Gasteiger partial charge in [-0.15, -0.1) is 0 Å². The van der Waals surface area contributed by atoms with Crippen molar-refractivity contribution < 1.29 is 8.78 Å². The first-order chi connectivity index (χ1) is 11.1. The zero-order chi connectivity index (χ0) is 16.7. The van der Waals surface area contributed by atoms with Crippen molar-refractivity contribution in [3.63, 3.8) is 0 Å². The molecule has 0 aliphatic carbocycles. The van der Waals surface area contributed by atoms with E-state index in [1.165, 1.54) is 12.1 Å². The van der Waals surface area contributed by atoms with Gasteiger partial charge < -0.3 is 15.5 Å². The summed E-state index contributed by atoms with van der Waals surface area (Å²) in [6, 6.07) is 3.91. The van der Waals surface area contributed by atoms with Crippen molar-refractivity contribution in [2.75, 3.05) is 31.6 Å². The molecule has 0 aromatic heterocycles. The zero-order valence-corrected chi connectivity index (χ0v) is 13.6. The van der Waals surface area contributed by atoms with E-state index in [1.807, 2.05) is 17.9 Å². The molecule has 1 aliphatic rings. The van der Waals surface area contributed by atoms with E-state index >= 15 is 0 Å². The van der Waals surface area contributed by atoms with Gasteiger partial charge in [0.15, 0.2) is 5.96 Å². The second-order valence-corrected chi connectivity index (χ2v) is 5.53. The summed E-state index contributed by atoms with van der Waals surface area (Å²) in [5.41, 5.74) is 0.451. The Labute approximate surface area is 136 Å². The number of aliphatic imine (C=N–C) groups is 1. The number of hydrogen-bond donors (Lipinski definition) is 2. The Morgan fingerprint density at radius 2 is 2.26 bits per heavy atom. The predicted octanol–water partition coefficient (Wildman–Crippen LogP) is 2.67. The molecule has 1 fully saturated rings. The highest BCUT2D eigenvalue weighted by Crippen LogP contribution is 2.24. The first-order valence-corrected chi connectivity index (χ1v) is 7.92. The number of benzene rings is 1. The van der Waals surface area contributed by atoms with Gasteiger partial charge in [-0.05, 0) is 31.9 Å². The summed E-state index contributed by atoms with van der Waals surface area (Å²) in [6.07, 6.45) is 5.93. The molecule has 4 nitrogen and oxygen atoms in total. The number of hydrogen-bond acceptors (Lipinski definition) is 2. The van der Waals surface area contributed by atoms with Gasteiger partial charge in [-0.25, -0.2) is 8.78 Å². The molecular formula is C17H24F2N4. The van der Waals surface area contributed by atoms with Crippen LogP contribution in [0.3, 0.4) is 0 Å². The van der Waals surface area contributed by atoms with E-state index in [4.69, 9.17) is 0 Å². The molecule has 1 heterocycles. The maximum atomic E-state index is 13.9. The molecule has 2 rings (SSSR count). The SMILES string of the molecule is CC=CCCNC(=NC)NC1CCN(c2ccc(F)cc2F)C1. The Bertz CT molecular complexity index is 572. The topological polar surface area (TPSA) is 39.7 Å². The molecule has 1 saturated heterocycles. The molecule has 126 valence electrons. The van der Waals surface area contributed by atoms with Gasteiger partial charge in [0.2, 0.25) is 0 Å². The van der Waals surface area contributed by atoms with Gasteiger partial charge in [0, 0.05) is 38.8 Å². The van der Waals surface area contributed by atoms with Crippen LogP contribution in [0.15, 0.2) is 35.3 Å². The average molecular weight is 322 g/mol. The normalized spacial score (nSPS) is 18.7. The molecule has 1 unspecified atom stereocenters. The highest BCUT2D eigenvalue weighted by molar-refractivity contribution is 5.80. The number of rotatable bonds is 5. The summed E-state index contributed by atoms with van der Waals surface area (Å²) in [6.45, 7) is 4.20. The Morgan fingerprint density at radius 1 is 1.43 bits per heavy atom. The molecule has 1 atom stereocenters. The molecule has 1 aromatic rings. The van der Waals surface area contributed by atoms with Gasteiger partial charge in [0.25, 0.3) is 0 Å². The molecule has 0 amide bonds. The number of guanidine groups is 1. The van der Waals surface area contributed by atoms with Gasteiger partial charge in [0.05, 0.1) is 5.69 Å². The lowest BCUT2D eigenvalue weighted by Gasteiger charge is -2.20. The monoisotopic (exact) mass is 322 g/mol. The Hall–Kier alpha value is -2.11. The van der Waals surface area contributed by atoms with E-state index in [0.29, 0.717) is 12.2 Å². The Kier molecular flexibility index (Phi) is 6.38. The van der Waals surface area contributed by atoms with Crippen LogP contribution in [0.5, 0.6) is 0 Å². The summed E-state index contributed by atoms with van der Waals surface area (Å²) >= 11 is 0. The quantitative estimate of drug-likeness (QED) is 0.379. The second kappa shape index (κ2) is 8.50. The molecule has 2 N–H and O–H groups in total. The third-order valence-corrected chi connectivity index (χ3v) is 3.84. The first kappa shape index (κ1) is 17.2. The summed E-state index contributed by atoms with van der Waals surface area (Å²) in [5.74, 6) is -0.314. The minimum Gasteiger partial charge on any atom is -0.367 e. The standard InChI is InChI=1S/C17H24F2N4/c1-3-4-5-9-21-17(20-2)22-14-8-10-23(12-14)16-7-6-13(18)11-15(16)19/h3-4,6-7,11,14H,5,8-10,12H2,1-2H3,(H2,20,21,22). The lowest BCUT2D eigenvalue weighted by Crippen LogP contribution is -2.44. The molecule has 0 radical (unpaired) electrons. The molecule has 0 saturated carbocycles. The molecule has 6 heteroatoms. The van der Waals surface area contributed by atoms with Crippen molar-refractivity contribution in [2.24, 2.45) is 4.99 Å². The minimum absolute atomic E-state index is 0.187. The lowest BCUT2D eigenvalue weighted by molar-refractivity contribution is 0.580.